The van der Waals surface area contributed by atoms with Crippen LogP contribution in [0.15, 0.2) is 12.1 Å². The molecular formula is C13H19NO2. The van der Waals surface area contributed by atoms with Crippen LogP contribution in [0.25, 0.3) is 0 Å². The lowest BCUT2D eigenvalue weighted by atomic mass is 10.00. The molecule has 0 radical (unpaired) electrons. The molecule has 0 atom stereocenters. The van der Waals surface area contributed by atoms with E-state index in [1.807, 2.05) is 0 Å². The Balaban J connectivity index is 2.70. The second-order valence-electron chi connectivity index (χ2n) is 3.95. The maximum absolute atomic E-state index is 11.2. The molecule has 0 aliphatic rings. The summed E-state index contributed by atoms with van der Waals surface area (Å²) in [5.41, 5.74) is 4.82. The van der Waals surface area contributed by atoms with Gasteiger partial charge < -0.3 is 10.1 Å². The van der Waals surface area contributed by atoms with Crippen LogP contribution in [0.2, 0.25) is 0 Å². The number of aryl methyl sites for hydroxylation is 3. The Morgan fingerprint density at radius 1 is 1.25 bits per heavy atom. The molecule has 1 N–H and O–H groups in total. The molecule has 0 saturated carbocycles. The third kappa shape index (κ3) is 3.26. The molecule has 0 heterocycles. The first-order valence-electron chi connectivity index (χ1n) is 5.52. The molecule has 0 aliphatic carbocycles. The van der Waals surface area contributed by atoms with E-state index in [-0.39, 0.29) is 6.09 Å². The van der Waals surface area contributed by atoms with Gasteiger partial charge in [-0.1, -0.05) is 17.7 Å². The Kier molecular flexibility index (Phi) is 4.35. The molecule has 0 unspecified atom stereocenters. The molecule has 16 heavy (non-hydrogen) atoms. The number of nitrogens with one attached hydrogen (secondary N) is 1. The van der Waals surface area contributed by atoms with Gasteiger partial charge in [0.1, 0.15) is 0 Å². The van der Waals surface area contributed by atoms with Crippen molar-refractivity contribution in [3.8, 4) is 0 Å². The molecule has 0 fully saturated rings. The Labute approximate surface area is 96.8 Å². The van der Waals surface area contributed by atoms with Crippen molar-refractivity contribution in [2.75, 3.05) is 6.61 Å². The van der Waals surface area contributed by atoms with Gasteiger partial charge in [0.15, 0.2) is 0 Å². The summed E-state index contributed by atoms with van der Waals surface area (Å²) >= 11 is 0. The van der Waals surface area contributed by atoms with E-state index < -0.39 is 0 Å². The van der Waals surface area contributed by atoms with Crippen molar-refractivity contribution >= 4 is 6.09 Å². The summed E-state index contributed by atoms with van der Waals surface area (Å²) in [6.45, 7) is 8.91. The fourth-order valence-corrected chi connectivity index (χ4v) is 1.83. The van der Waals surface area contributed by atoms with Crippen molar-refractivity contribution in [2.45, 2.75) is 34.2 Å². The van der Waals surface area contributed by atoms with E-state index in [9.17, 15) is 4.79 Å². The first kappa shape index (κ1) is 12.6. The van der Waals surface area contributed by atoms with Crippen molar-refractivity contribution in [2.24, 2.45) is 0 Å². The fraction of sp³-hybridized carbons (Fsp3) is 0.462. The molecule has 88 valence electrons. The fourth-order valence-electron chi connectivity index (χ4n) is 1.83. The highest BCUT2D eigenvalue weighted by Gasteiger charge is 2.06. The minimum absolute atomic E-state index is 0.359. The van der Waals surface area contributed by atoms with Gasteiger partial charge in [-0.2, -0.15) is 0 Å². The summed E-state index contributed by atoms with van der Waals surface area (Å²) in [4.78, 5) is 11.2. The number of carbonyl (C=O) groups is 1. The van der Waals surface area contributed by atoms with Crippen LogP contribution in [0, 0.1) is 20.8 Å². The standard InChI is InChI=1S/C13H19NO2/c1-5-16-13(15)14-8-12-10(3)6-9(2)7-11(12)4/h6-7H,5,8H2,1-4H3,(H,14,15). The lowest BCUT2D eigenvalue weighted by molar-refractivity contribution is 0.151. The maximum Gasteiger partial charge on any atom is 0.407 e. The van der Waals surface area contributed by atoms with Gasteiger partial charge in [0, 0.05) is 6.54 Å². The third-order valence-corrected chi connectivity index (χ3v) is 2.53. The van der Waals surface area contributed by atoms with Crippen LogP contribution in [0.5, 0.6) is 0 Å². The zero-order valence-electron chi connectivity index (χ0n) is 10.4. The van der Waals surface area contributed by atoms with Crippen LogP contribution in [0.1, 0.15) is 29.2 Å². The van der Waals surface area contributed by atoms with Gasteiger partial charge in [0.05, 0.1) is 6.61 Å². The van der Waals surface area contributed by atoms with E-state index >= 15 is 0 Å². The molecule has 1 rings (SSSR count). The number of hydrogen-bond acceptors (Lipinski definition) is 2. The molecule has 0 aliphatic heterocycles. The quantitative estimate of drug-likeness (QED) is 0.852. The van der Waals surface area contributed by atoms with Gasteiger partial charge in [0.2, 0.25) is 0 Å². The number of ether oxygens (including phenoxy) is 1. The number of hydrogen-bond donors (Lipinski definition) is 1. The summed E-state index contributed by atoms with van der Waals surface area (Å²) in [5.74, 6) is 0. The highest BCUT2D eigenvalue weighted by Crippen LogP contribution is 2.15. The summed E-state index contributed by atoms with van der Waals surface area (Å²) in [6, 6.07) is 4.24. The van der Waals surface area contributed by atoms with Gasteiger partial charge in [0.25, 0.3) is 0 Å². The number of amides is 1. The van der Waals surface area contributed by atoms with Crippen molar-refractivity contribution < 1.29 is 9.53 Å². The lowest BCUT2D eigenvalue weighted by Gasteiger charge is -2.12. The van der Waals surface area contributed by atoms with Gasteiger partial charge in [-0.05, 0) is 44.4 Å². The van der Waals surface area contributed by atoms with Crippen LogP contribution in [0.3, 0.4) is 0 Å². The largest absolute Gasteiger partial charge is 0.450 e. The van der Waals surface area contributed by atoms with Crippen molar-refractivity contribution in [3.63, 3.8) is 0 Å². The van der Waals surface area contributed by atoms with Crippen molar-refractivity contribution in [1.82, 2.24) is 5.32 Å². The zero-order chi connectivity index (χ0) is 12.1. The van der Waals surface area contributed by atoms with Gasteiger partial charge in [-0.15, -0.1) is 0 Å². The predicted octanol–water partition coefficient (Wildman–Crippen LogP) is 2.86. The smallest absolute Gasteiger partial charge is 0.407 e. The average Bonchev–Trinajstić information content (AvgIpc) is 2.16. The molecule has 0 bridgehead atoms. The molecular weight excluding hydrogens is 202 g/mol. The SMILES string of the molecule is CCOC(=O)NCc1c(C)cc(C)cc1C. The monoisotopic (exact) mass is 221 g/mol. The van der Waals surface area contributed by atoms with E-state index in [2.05, 4.69) is 38.2 Å². The predicted molar refractivity (Wildman–Crippen MR) is 64.5 cm³/mol. The molecule has 0 aromatic heterocycles. The van der Waals surface area contributed by atoms with Crippen LogP contribution in [-0.4, -0.2) is 12.7 Å². The second-order valence-corrected chi connectivity index (χ2v) is 3.95. The molecule has 3 nitrogen and oxygen atoms in total. The summed E-state index contributed by atoms with van der Waals surface area (Å²) in [6.07, 6.45) is -0.359. The summed E-state index contributed by atoms with van der Waals surface area (Å²) in [7, 11) is 0. The van der Waals surface area contributed by atoms with E-state index in [0.717, 1.165) is 0 Å². The molecule has 1 aromatic rings. The minimum atomic E-state index is -0.359. The van der Waals surface area contributed by atoms with Crippen LogP contribution in [0.4, 0.5) is 4.79 Å². The Hall–Kier alpha value is -1.51. The number of alkyl carbamates (subject to hydrolysis) is 1. The minimum Gasteiger partial charge on any atom is -0.450 e. The highest BCUT2D eigenvalue weighted by molar-refractivity contribution is 5.67. The third-order valence-electron chi connectivity index (χ3n) is 2.53. The van der Waals surface area contributed by atoms with E-state index in [0.29, 0.717) is 13.2 Å². The lowest BCUT2D eigenvalue weighted by Crippen LogP contribution is -2.24. The Morgan fingerprint density at radius 2 is 1.81 bits per heavy atom. The summed E-state index contributed by atoms with van der Waals surface area (Å²) in [5, 5.41) is 2.74. The number of benzene rings is 1. The van der Waals surface area contributed by atoms with Gasteiger partial charge >= 0.3 is 6.09 Å². The number of carbonyl (C=O) groups excluding carboxylic acids is 1. The zero-order valence-corrected chi connectivity index (χ0v) is 10.4. The van der Waals surface area contributed by atoms with Gasteiger partial charge in [-0.3, -0.25) is 0 Å². The molecule has 3 heteroatoms. The molecule has 1 aromatic carbocycles. The second kappa shape index (κ2) is 5.54. The van der Waals surface area contributed by atoms with Crippen LogP contribution in [-0.2, 0) is 11.3 Å². The van der Waals surface area contributed by atoms with E-state index in [1.54, 1.807) is 6.92 Å². The Morgan fingerprint density at radius 3 is 2.31 bits per heavy atom. The molecule has 0 saturated heterocycles. The van der Waals surface area contributed by atoms with Crippen molar-refractivity contribution in [1.29, 1.82) is 0 Å². The van der Waals surface area contributed by atoms with Crippen molar-refractivity contribution in [3.05, 3.63) is 34.4 Å². The first-order chi connectivity index (χ1) is 7.54. The normalized spacial score (nSPS) is 10.0. The summed E-state index contributed by atoms with van der Waals surface area (Å²) < 4.78 is 4.82. The average molecular weight is 221 g/mol. The molecule has 1 amide bonds. The maximum atomic E-state index is 11.2. The first-order valence-corrected chi connectivity index (χ1v) is 5.52. The topological polar surface area (TPSA) is 38.3 Å². The van der Waals surface area contributed by atoms with E-state index in [4.69, 9.17) is 4.74 Å². The van der Waals surface area contributed by atoms with E-state index in [1.165, 1.54) is 22.3 Å². The van der Waals surface area contributed by atoms with Crippen LogP contribution >= 0.6 is 0 Å². The number of rotatable bonds is 3. The van der Waals surface area contributed by atoms with Gasteiger partial charge in [-0.25, -0.2) is 4.79 Å². The van der Waals surface area contributed by atoms with Crippen LogP contribution < -0.4 is 5.32 Å². The molecule has 0 spiro atoms. The highest BCUT2D eigenvalue weighted by atomic mass is 16.5. The Bertz CT molecular complexity index is 363.